The van der Waals surface area contributed by atoms with Crippen LogP contribution in [-0.2, 0) is 10.0 Å². The van der Waals surface area contributed by atoms with E-state index in [0.29, 0.717) is 6.10 Å². The smallest absolute Gasteiger partial charge is 0.261 e. The summed E-state index contributed by atoms with van der Waals surface area (Å²) in [6, 6.07) is 19.3. The molecule has 8 heteroatoms. The summed E-state index contributed by atoms with van der Waals surface area (Å²) in [5, 5.41) is 3.65. The fraction of sp³-hybridized carbons (Fsp3) is 0.259. The van der Waals surface area contributed by atoms with Gasteiger partial charge in [0, 0.05) is 23.1 Å². The third-order valence-corrected chi connectivity index (χ3v) is 9.49. The van der Waals surface area contributed by atoms with Gasteiger partial charge in [-0.25, -0.2) is 12.8 Å². The number of allylic oxidation sites excluding steroid dienone is 2. The van der Waals surface area contributed by atoms with Gasteiger partial charge < -0.3 is 10.1 Å². The van der Waals surface area contributed by atoms with Crippen molar-refractivity contribution < 1.29 is 17.5 Å². The number of rotatable bonds is 6. The second-order valence-electron chi connectivity index (χ2n) is 9.16. The number of nitrogens with one attached hydrogen (secondary N) is 2. The highest BCUT2D eigenvalue weighted by atomic mass is 32.2. The second-order valence-corrected chi connectivity index (χ2v) is 11.9. The molecule has 3 aliphatic rings. The molecule has 2 aliphatic heterocycles. The molecular formula is C27H25FN2O3S2. The maximum Gasteiger partial charge on any atom is 0.261 e. The molecule has 3 atom stereocenters. The van der Waals surface area contributed by atoms with E-state index in [-0.39, 0.29) is 28.5 Å². The molecule has 1 aliphatic carbocycles. The maximum atomic E-state index is 14.0. The van der Waals surface area contributed by atoms with Gasteiger partial charge in [-0.15, -0.1) is 0 Å². The lowest BCUT2D eigenvalue weighted by atomic mass is 9.77. The number of ether oxygens (including phenoxy) is 1. The van der Waals surface area contributed by atoms with Crippen LogP contribution in [-0.4, -0.2) is 26.0 Å². The van der Waals surface area contributed by atoms with Crippen molar-refractivity contribution in [2.24, 2.45) is 5.92 Å². The van der Waals surface area contributed by atoms with Crippen LogP contribution in [0.15, 0.2) is 83.8 Å². The fourth-order valence-electron chi connectivity index (χ4n) is 5.05. The van der Waals surface area contributed by atoms with Gasteiger partial charge in [-0.1, -0.05) is 36.4 Å². The molecule has 0 radical (unpaired) electrons. The Balaban J connectivity index is 1.27. The summed E-state index contributed by atoms with van der Waals surface area (Å²) in [4.78, 5) is 0.120. The number of fused-ring (bicyclic) bond motifs is 3. The summed E-state index contributed by atoms with van der Waals surface area (Å²) in [5.74, 6) is 2.75. The molecule has 0 aromatic heterocycles. The van der Waals surface area contributed by atoms with E-state index in [2.05, 4.69) is 34.3 Å². The average Bonchev–Trinajstić information content (AvgIpc) is 3.33. The van der Waals surface area contributed by atoms with Crippen LogP contribution in [0.4, 0.5) is 15.8 Å². The highest BCUT2D eigenvalue weighted by Gasteiger charge is 2.38. The molecule has 2 N–H and O–H groups in total. The topological polar surface area (TPSA) is 67.4 Å². The van der Waals surface area contributed by atoms with E-state index in [1.807, 2.05) is 30.0 Å². The minimum Gasteiger partial charge on any atom is -0.489 e. The van der Waals surface area contributed by atoms with Crippen molar-refractivity contribution >= 4 is 33.2 Å². The van der Waals surface area contributed by atoms with Crippen molar-refractivity contribution in [3.05, 3.63) is 95.8 Å². The zero-order valence-electron chi connectivity index (χ0n) is 18.9. The minimum absolute atomic E-state index is 0.0643. The van der Waals surface area contributed by atoms with Crippen LogP contribution in [0.1, 0.15) is 29.5 Å². The minimum atomic E-state index is -3.93. The lowest BCUT2D eigenvalue weighted by molar-refractivity contribution is 0.240. The monoisotopic (exact) mass is 508 g/mol. The van der Waals surface area contributed by atoms with Crippen LogP contribution >= 0.6 is 11.8 Å². The summed E-state index contributed by atoms with van der Waals surface area (Å²) in [7, 11) is -3.93. The van der Waals surface area contributed by atoms with Gasteiger partial charge in [-0.2, -0.15) is 11.8 Å². The van der Waals surface area contributed by atoms with Crippen LogP contribution in [0.25, 0.3) is 0 Å². The van der Waals surface area contributed by atoms with E-state index in [9.17, 15) is 12.8 Å². The zero-order valence-corrected chi connectivity index (χ0v) is 20.5. The highest BCUT2D eigenvalue weighted by molar-refractivity contribution is 8.00. The summed E-state index contributed by atoms with van der Waals surface area (Å²) >= 11 is 1.90. The summed E-state index contributed by atoms with van der Waals surface area (Å²) < 4.78 is 48.5. The molecule has 35 heavy (non-hydrogen) atoms. The van der Waals surface area contributed by atoms with Crippen LogP contribution in [0.5, 0.6) is 5.75 Å². The van der Waals surface area contributed by atoms with E-state index >= 15 is 0 Å². The van der Waals surface area contributed by atoms with E-state index < -0.39 is 15.8 Å². The highest BCUT2D eigenvalue weighted by Crippen LogP contribution is 2.50. The summed E-state index contributed by atoms with van der Waals surface area (Å²) in [5.41, 5.74) is 2.98. The number of anilines is 2. The first-order valence-corrected chi connectivity index (χ1v) is 14.3. The number of thioether (sulfide) groups is 1. The van der Waals surface area contributed by atoms with Crippen molar-refractivity contribution in [3.8, 4) is 5.75 Å². The number of hydrogen-bond acceptors (Lipinski definition) is 5. The Bertz CT molecular complexity index is 1390. The third kappa shape index (κ3) is 4.29. The largest absolute Gasteiger partial charge is 0.489 e. The Morgan fingerprint density at radius 1 is 1.03 bits per heavy atom. The average molecular weight is 509 g/mol. The molecule has 5 nitrogen and oxygen atoms in total. The Labute approximate surface area is 208 Å². The maximum absolute atomic E-state index is 14.0. The Morgan fingerprint density at radius 3 is 2.57 bits per heavy atom. The van der Waals surface area contributed by atoms with Gasteiger partial charge in [0.2, 0.25) is 0 Å². The van der Waals surface area contributed by atoms with Crippen LogP contribution in [0.2, 0.25) is 0 Å². The van der Waals surface area contributed by atoms with Crippen molar-refractivity contribution in [1.82, 2.24) is 0 Å². The lowest BCUT2D eigenvalue weighted by Gasteiger charge is -2.38. The first-order valence-electron chi connectivity index (χ1n) is 11.7. The van der Waals surface area contributed by atoms with Gasteiger partial charge in [-0.3, -0.25) is 4.72 Å². The first kappa shape index (κ1) is 22.5. The molecule has 3 aromatic carbocycles. The predicted molar refractivity (Wildman–Crippen MR) is 138 cm³/mol. The molecule has 180 valence electrons. The molecule has 2 heterocycles. The van der Waals surface area contributed by atoms with Crippen LogP contribution in [0, 0.1) is 11.7 Å². The molecule has 3 aromatic rings. The number of benzene rings is 3. The number of sulfonamides is 1. The summed E-state index contributed by atoms with van der Waals surface area (Å²) in [6.45, 7) is 0. The van der Waals surface area contributed by atoms with Crippen molar-refractivity contribution in [2.45, 2.75) is 29.4 Å². The van der Waals surface area contributed by atoms with Crippen molar-refractivity contribution in [2.75, 3.05) is 21.5 Å². The molecule has 6 rings (SSSR count). The molecule has 0 saturated carbocycles. The fourth-order valence-corrected chi connectivity index (χ4v) is 6.71. The van der Waals surface area contributed by atoms with E-state index in [1.165, 1.54) is 23.8 Å². The van der Waals surface area contributed by atoms with Gasteiger partial charge in [0.05, 0.1) is 16.6 Å². The standard InChI is InChI=1S/C27H25FN2O3S2/c28-24-6-1-2-7-26(24)30-35(31,32)20-12-13-25-23(14-20)21-4-3-5-22(21)27(29-25)17-8-10-18(11-9-17)33-19-15-34-16-19/h1-4,6-14,19,21-22,27,29-30H,5,15-16H2/t21-,22+,27+/m0/s1. The number of hydrogen-bond donors (Lipinski definition) is 2. The molecular weight excluding hydrogens is 483 g/mol. The predicted octanol–water partition coefficient (Wildman–Crippen LogP) is 5.95. The Morgan fingerprint density at radius 2 is 1.83 bits per heavy atom. The van der Waals surface area contributed by atoms with Crippen LogP contribution < -0.4 is 14.8 Å². The van der Waals surface area contributed by atoms with Gasteiger partial charge in [0.15, 0.2) is 0 Å². The van der Waals surface area contributed by atoms with Gasteiger partial charge in [0.1, 0.15) is 17.7 Å². The molecule has 1 fully saturated rings. The molecule has 1 saturated heterocycles. The Kier molecular flexibility index (Phi) is 5.73. The van der Waals surface area contributed by atoms with Crippen molar-refractivity contribution in [1.29, 1.82) is 0 Å². The number of halogens is 1. The van der Waals surface area contributed by atoms with Crippen molar-refractivity contribution in [3.63, 3.8) is 0 Å². The van der Waals surface area contributed by atoms with Gasteiger partial charge in [-0.05, 0) is 65.9 Å². The van der Waals surface area contributed by atoms with E-state index in [0.717, 1.165) is 34.9 Å². The third-order valence-electron chi connectivity index (χ3n) is 6.91. The Hall–Kier alpha value is -2.97. The molecule has 0 amide bonds. The number of para-hydroxylation sites is 1. The van der Waals surface area contributed by atoms with Gasteiger partial charge in [0.25, 0.3) is 10.0 Å². The summed E-state index contributed by atoms with van der Waals surface area (Å²) in [6.07, 6.45) is 5.56. The lowest BCUT2D eigenvalue weighted by Crippen LogP contribution is -2.31. The van der Waals surface area contributed by atoms with Gasteiger partial charge >= 0.3 is 0 Å². The molecule has 0 spiro atoms. The first-order chi connectivity index (χ1) is 17.0. The SMILES string of the molecule is O=S(=O)(Nc1ccccc1F)c1ccc2c(c1)[C@H]1C=CC[C@H]1[C@@H](c1ccc(OC3CSC3)cc1)N2. The second kappa shape index (κ2) is 8.91. The molecule has 0 bridgehead atoms. The van der Waals surface area contributed by atoms with Crippen LogP contribution in [0.3, 0.4) is 0 Å². The normalized spacial score (nSPS) is 23.1. The van der Waals surface area contributed by atoms with E-state index in [4.69, 9.17) is 4.74 Å². The zero-order chi connectivity index (χ0) is 24.0. The van der Waals surface area contributed by atoms with E-state index in [1.54, 1.807) is 18.2 Å². The molecule has 0 unspecified atom stereocenters. The quantitative estimate of drug-likeness (QED) is 0.403.